The minimum Gasteiger partial charge on any atom is -0.483 e. The highest BCUT2D eigenvalue weighted by Gasteiger charge is 2.19. The van der Waals surface area contributed by atoms with Crippen molar-refractivity contribution < 1.29 is 32.2 Å². The van der Waals surface area contributed by atoms with Crippen LogP contribution in [-0.4, -0.2) is 25.0 Å². The van der Waals surface area contributed by atoms with Crippen molar-refractivity contribution in [2.75, 3.05) is 11.9 Å². The molecule has 3 aromatic carbocycles. The lowest BCUT2D eigenvalue weighted by molar-refractivity contribution is -0.118. The number of rotatable bonds is 9. The van der Waals surface area contributed by atoms with Crippen molar-refractivity contribution in [1.29, 1.82) is 0 Å². The standard InChI is InChI=1S/C24H21F3N2O4/c1-15(16-8-2-7-13-21(16)33-24(26)27)28-23(31)17-9-3-6-12-20(17)32-14-22(30)29-19-11-5-4-10-18(19)25/h2-13,15,24H,14H2,1H3,(H,28,31)(H,29,30). The van der Waals surface area contributed by atoms with Gasteiger partial charge in [-0.3, -0.25) is 9.59 Å². The fourth-order valence-electron chi connectivity index (χ4n) is 3.07. The maximum atomic E-state index is 13.7. The van der Waals surface area contributed by atoms with Crippen molar-refractivity contribution >= 4 is 17.5 Å². The molecule has 0 radical (unpaired) electrons. The molecular weight excluding hydrogens is 437 g/mol. The van der Waals surface area contributed by atoms with Gasteiger partial charge in [0.05, 0.1) is 17.3 Å². The van der Waals surface area contributed by atoms with Crippen LogP contribution in [0.15, 0.2) is 72.8 Å². The van der Waals surface area contributed by atoms with Crippen molar-refractivity contribution in [1.82, 2.24) is 5.32 Å². The summed E-state index contributed by atoms with van der Waals surface area (Å²) in [4.78, 5) is 25.0. The van der Waals surface area contributed by atoms with Gasteiger partial charge in [0.2, 0.25) is 0 Å². The van der Waals surface area contributed by atoms with E-state index in [9.17, 15) is 22.8 Å². The predicted molar refractivity (Wildman–Crippen MR) is 116 cm³/mol. The molecule has 0 aliphatic carbocycles. The first-order chi connectivity index (χ1) is 15.8. The molecule has 0 saturated carbocycles. The molecule has 0 aromatic heterocycles. The van der Waals surface area contributed by atoms with Gasteiger partial charge >= 0.3 is 6.61 Å². The van der Waals surface area contributed by atoms with Gasteiger partial charge < -0.3 is 20.1 Å². The second-order valence-corrected chi connectivity index (χ2v) is 6.92. The molecule has 172 valence electrons. The van der Waals surface area contributed by atoms with Gasteiger partial charge in [0.15, 0.2) is 6.61 Å². The first-order valence-corrected chi connectivity index (χ1v) is 9.96. The Bertz CT molecular complexity index is 1120. The molecule has 2 N–H and O–H groups in total. The zero-order valence-electron chi connectivity index (χ0n) is 17.6. The van der Waals surface area contributed by atoms with E-state index in [1.165, 1.54) is 36.4 Å². The Labute approximate surface area is 188 Å². The minimum atomic E-state index is -3.00. The van der Waals surface area contributed by atoms with Gasteiger partial charge in [-0.25, -0.2) is 4.39 Å². The van der Waals surface area contributed by atoms with Gasteiger partial charge in [0, 0.05) is 5.56 Å². The molecular formula is C24H21F3N2O4. The highest BCUT2D eigenvalue weighted by atomic mass is 19.3. The van der Waals surface area contributed by atoms with Crippen LogP contribution in [0.1, 0.15) is 28.9 Å². The molecule has 0 aliphatic rings. The lowest BCUT2D eigenvalue weighted by Crippen LogP contribution is -2.28. The molecule has 0 saturated heterocycles. The second kappa shape index (κ2) is 11.0. The minimum absolute atomic E-state index is 0.00985. The topological polar surface area (TPSA) is 76.7 Å². The monoisotopic (exact) mass is 458 g/mol. The van der Waals surface area contributed by atoms with Gasteiger partial charge in [0.25, 0.3) is 11.8 Å². The zero-order chi connectivity index (χ0) is 23.8. The number of anilines is 1. The van der Waals surface area contributed by atoms with E-state index in [4.69, 9.17) is 4.74 Å². The molecule has 0 spiro atoms. The number of amides is 2. The third kappa shape index (κ3) is 6.49. The summed E-state index contributed by atoms with van der Waals surface area (Å²) in [6.45, 7) is -1.84. The van der Waals surface area contributed by atoms with Crippen LogP contribution in [-0.2, 0) is 4.79 Å². The number of hydrogen-bond donors (Lipinski definition) is 2. The summed E-state index contributed by atoms with van der Waals surface area (Å²) in [5, 5.41) is 5.10. The van der Waals surface area contributed by atoms with Crippen LogP contribution >= 0.6 is 0 Å². The second-order valence-electron chi connectivity index (χ2n) is 6.92. The van der Waals surface area contributed by atoms with E-state index in [-0.39, 0.29) is 22.7 Å². The summed E-state index contributed by atoms with van der Waals surface area (Å²) >= 11 is 0. The van der Waals surface area contributed by atoms with Crippen LogP contribution in [0, 0.1) is 5.82 Å². The van der Waals surface area contributed by atoms with Crippen LogP contribution in [0.2, 0.25) is 0 Å². The van der Waals surface area contributed by atoms with Gasteiger partial charge in [-0.05, 0) is 37.3 Å². The van der Waals surface area contributed by atoms with Crippen LogP contribution in [0.3, 0.4) is 0 Å². The van der Waals surface area contributed by atoms with Gasteiger partial charge in [-0.2, -0.15) is 8.78 Å². The Morgan fingerprint density at radius 2 is 1.55 bits per heavy atom. The van der Waals surface area contributed by atoms with Gasteiger partial charge in [-0.15, -0.1) is 0 Å². The molecule has 0 aliphatic heterocycles. The lowest BCUT2D eigenvalue weighted by Gasteiger charge is -2.19. The summed E-state index contributed by atoms with van der Waals surface area (Å²) in [5.41, 5.74) is 0.514. The van der Waals surface area contributed by atoms with Crippen molar-refractivity contribution in [3.8, 4) is 11.5 Å². The lowest BCUT2D eigenvalue weighted by atomic mass is 10.1. The van der Waals surface area contributed by atoms with Crippen LogP contribution < -0.4 is 20.1 Å². The fraction of sp³-hybridized carbons (Fsp3) is 0.167. The molecule has 0 fully saturated rings. The molecule has 9 heteroatoms. The number of halogens is 3. The maximum absolute atomic E-state index is 13.7. The van der Waals surface area contributed by atoms with Crippen LogP contribution in [0.4, 0.5) is 18.9 Å². The third-order valence-corrected chi connectivity index (χ3v) is 4.59. The predicted octanol–water partition coefficient (Wildman–Crippen LogP) is 4.94. The first-order valence-electron chi connectivity index (χ1n) is 9.96. The maximum Gasteiger partial charge on any atom is 0.387 e. The van der Waals surface area contributed by atoms with Crippen LogP contribution in [0.5, 0.6) is 11.5 Å². The summed E-state index contributed by atoms with van der Waals surface area (Å²) in [6.07, 6.45) is 0. The Morgan fingerprint density at radius 3 is 2.27 bits per heavy atom. The molecule has 2 amide bonds. The number of nitrogens with one attached hydrogen (secondary N) is 2. The SMILES string of the molecule is CC(NC(=O)c1ccccc1OCC(=O)Nc1ccccc1F)c1ccccc1OC(F)F. The molecule has 3 aromatic rings. The van der Waals surface area contributed by atoms with E-state index < -0.39 is 36.9 Å². The van der Waals surface area contributed by atoms with E-state index >= 15 is 0 Å². The van der Waals surface area contributed by atoms with E-state index in [2.05, 4.69) is 15.4 Å². The normalized spacial score (nSPS) is 11.5. The number of ether oxygens (including phenoxy) is 2. The highest BCUT2D eigenvalue weighted by molar-refractivity contribution is 5.97. The van der Waals surface area contributed by atoms with Gasteiger partial charge in [0.1, 0.15) is 17.3 Å². The molecule has 0 bridgehead atoms. The fourth-order valence-corrected chi connectivity index (χ4v) is 3.07. The van der Waals surface area contributed by atoms with Gasteiger partial charge in [-0.1, -0.05) is 42.5 Å². The quantitative estimate of drug-likeness (QED) is 0.477. The van der Waals surface area contributed by atoms with Crippen molar-refractivity contribution in [2.45, 2.75) is 19.6 Å². The number of alkyl halides is 2. The smallest absolute Gasteiger partial charge is 0.387 e. The summed E-state index contributed by atoms with van der Waals surface area (Å²) < 4.78 is 49.0. The first kappa shape index (κ1) is 23.6. The van der Waals surface area contributed by atoms with Crippen molar-refractivity contribution in [2.24, 2.45) is 0 Å². The Morgan fingerprint density at radius 1 is 0.909 bits per heavy atom. The average Bonchev–Trinajstić information content (AvgIpc) is 2.79. The van der Waals surface area contributed by atoms with Crippen LogP contribution in [0.25, 0.3) is 0 Å². The molecule has 0 heterocycles. The number of hydrogen-bond acceptors (Lipinski definition) is 4. The summed E-state index contributed by atoms with van der Waals surface area (Å²) in [6, 6.07) is 17.4. The summed E-state index contributed by atoms with van der Waals surface area (Å²) in [7, 11) is 0. The Hall–Kier alpha value is -4.01. The Kier molecular flexibility index (Phi) is 7.91. The van der Waals surface area contributed by atoms with E-state index in [1.807, 2.05) is 0 Å². The highest BCUT2D eigenvalue weighted by Crippen LogP contribution is 2.27. The summed E-state index contributed by atoms with van der Waals surface area (Å²) in [5.74, 6) is -1.66. The molecule has 6 nitrogen and oxygen atoms in total. The molecule has 3 rings (SSSR count). The average molecular weight is 458 g/mol. The van der Waals surface area contributed by atoms with Crippen molar-refractivity contribution in [3.05, 3.63) is 89.7 Å². The number of para-hydroxylation sites is 3. The third-order valence-electron chi connectivity index (χ3n) is 4.59. The Balaban J connectivity index is 1.67. The number of carbonyl (C=O) groups is 2. The molecule has 33 heavy (non-hydrogen) atoms. The van der Waals surface area contributed by atoms with Crippen molar-refractivity contribution in [3.63, 3.8) is 0 Å². The van der Waals surface area contributed by atoms with E-state index in [0.717, 1.165) is 0 Å². The molecule has 1 unspecified atom stereocenters. The largest absolute Gasteiger partial charge is 0.483 e. The number of benzene rings is 3. The zero-order valence-corrected chi connectivity index (χ0v) is 17.6. The molecule has 1 atom stereocenters. The van der Waals surface area contributed by atoms with E-state index in [1.54, 1.807) is 43.3 Å². The van der Waals surface area contributed by atoms with E-state index in [0.29, 0.717) is 5.56 Å². The number of carbonyl (C=O) groups excluding carboxylic acids is 2.